The number of rotatable bonds is 3. The van der Waals surface area contributed by atoms with Crippen molar-refractivity contribution in [2.24, 2.45) is 0 Å². The van der Waals surface area contributed by atoms with Gasteiger partial charge in [0.2, 0.25) is 5.91 Å². The van der Waals surface area contributed by atoms with E-state index in [1.807, 2.05) is 54.7 Å². The summed E-state index contributed by atoms with van der Waals surface area (Å²) in [5, 5.41) is 4.21. The van der Waals surface area contributed by atoms with Gasteiger partial charge in [-0.3, -0.25) is 14.7 Å². The number of benzene rings is 3. The molecule has 0 saturated carbocycles. The van der Waals surface area contributed by atoms with Crippen LogP contribution in [0.4, 0.5) is 5.69 Å². The van der Waals surface area contributed by atoms with Crippen LogP contribution in [0, 0.1) is 0 Å². The van der Waals surface area contributed by atoms with Crippen molar-refractivity contribution in [1.29, 1.82) is 0 Å². The molecule has 148 valence electrons. The third-order valence-electron chi connectivity index (χ3n) is 5.52. The molecule has 1 unspecified atom stereocenters. The average molecular weight is 458 g/mol. The van der Waals surface area contributed by atoms with E-state index in [4.69, 9.17) is 0 Å². The fraction of sp³-hybridized carbons (Fsp3) is 0.120. The monoisotopic (exact) mass is 457 g/mol. The number of aromatic nitrogens is 1. The molecule has 1 atom stereocenters. The predicted molar refractivity (Wildman–Crippen MR) is 123 cm³/mol. The molecule has 2 heterocycles. The fourth-order valence-corrected chi connectivity index (χ4v) is 4.60. The van der Waals surface area contributed by atoms with Crippen LogP contribution in [0.2, 0.25) is 0 Å². The molecule has 4 aromatic rings. The highest BCUT2D eigenvalue weighted by Crippen LogP contribution is 2.38. The first-order valence-electron chi connectivity index (χ1n) is 9.90. The molecule has 1 amide bonds. The van der Waals surface area contributed by atoms with Crippen molar-refractivity contribution in [1.82, 2.24) is 9.88 Å². The Labute approximate surface area is 183 Å². The SMILES string of the molecule is O=C1CN(Cc2ccnc3ccccc23)C(c2ccccc2)c2cc(Br)ccc2N1. The zero-order chi connectivity index (χ0) is 20.5. The highest BCUT2D eigenvalue weighted by Gasteiger charge is 2.30. The van der Waals surface area contributed by atoms with E-state index >= 15 is 0 Å². The number of hydrogen-bond donors (Lipinski definition) is 1. The van der Waals surface area contributed by atoms with Crippen LogP contribution in [0.5, 0.6) is 0 Å². The summed E-state index contributed by atoms with van der Waals surface area (Å²) in [5.41, 5.74) is 5.23. The smallest absolute Gasteiger partial charge is 0.238 e. The maximum absolute atomic E-state index is 12.8. The van der Waals surface area contributed by atoms with Crippen LogP contribution < -0.4 is 5.32 Å². The number of pyridine rings is 1. The Kier molecular flexibility index (Phi) is 5.07. The van der Waals surface area contributed by atoms with Crippen molar-refractivity contribution in [3.05, 3.63) is 106 Å². The number of nitrogens with one attached hydrogen (secondary N) is 1. The van der Waals surface area contributed by atoms with Crippen LogP contribution in [0.3, 0.4) is 0 Å². The van der Waals surface area contributed by atoms with Crippen LogP contribution >= 0.6 is 15.9 Å². The van der Waals surface area contributed by atoms with Gasteiger partial charge in [-0.05, 0) is 47.0 Å². The molecule has 0 radical (unpaired) electrons. The van der Waals surface area contributed by atoms with Crippen LogP contribution in [-0.2, 0) is 11.3 Å². The number of para-hydroxylation sites is 1. The molecule has 30 heavy (non-hydrogen) atoms. The quantitative estimate of drug-likeness (QED) is 0.439. The van der Waals surface area contributed by atoms with Crippen LogP contribution in [0.25, 0.3) is 10.9 Å². The second-order valence-electron chi connectivity index (χ2n) is 7.49. The number of amides is 1. The van der Waals surface area contributed by atoms with Gasteiger partial charge in [-0.1, -0.05) is 64.5 Å². The Hall–Kier alpha value is -3.02. The normalized spacial score (nSPS) is 16.7. The molecule has 5 heteroatoms. The van der Waals surface area contributed by atoms with E-state index in [2.05, 4.69) is 61.5 Å². The highest BCUT2D eigenvalue weighted by atomic mass is 79.9. The molecular weight excluding hydrogens is 438 g/mol. The fourth-order valence-electron chi connectivity index (χ4n) is 4.22. The molecule has 0 saturated heterocycles. The van der Waals surface area contributed by atoms with Gasteiger partial charge in [0, 0.05) is 28.3 Å². The van der Waals surface area contributed by atoms with Crippen molar-refractivity contribution >= 4 is 38.4 Å². The summed E-state index contributed by atoms with van der Waals surface area (Å²) >= 11 is 3.61. The van der Waals surface area contributed by atoms with Crippen molar-refractivity contribution in [2.75, 3.05) is 11.9 Å². The maximum atomic E-state index is 12.8. The number of nitrogens with zero attached hydrogens (tertiary/aromatic N) is 2. The molecule has 0 fully saturated rings. The van der Waals surface area contributed by atoms with Crippen LogP contribution in [0.1, 0.15) is 22.7 Å². The molecule has 5 rings (SSSR count). The van der Waals surface area contributed by atoms with E-state index < -0.39 is 0 Å². The van der Waals surface area contributed by atoms with Crippen molar-refractivity contribution < 1.29 is 4.79 Å². The topological polar surface area (TPSA) is 45.2 Å². The Balaban J connectivity index is 1.65. The lowest BCUT2D eigenvalue weighted by molar-refractivity contribution is -0.117. The second kappa shape index (κ2) is 8.01. The molecule has 3 aromatic carbocycles. The number of hydrogen-bond acceptors (Lipinski definition) is 3. The largest absolute Gasteiger partial charge is 0.325 e. The van der Waals surface area contributed by atoms with Gasteiger partial charge in [0.15, 0.2) is 0 Å². The molecule has 0 bridgehead atoms. The van der Waals surface area contributed by atoms with Crippen molar-refractivity contribution in [2.45, 2.75) is 12.6 Å². The van der Waals surface area contributed by atoms with Crippen molar-refractivity contribution in [3.8, 4) is 0 Å². The summed E-state index contributed by atoms with van der Waals surface area (Å²) in [6.07, 6.45) is 1.84. The molecule has 4 nitrogen and oxygen atoms in total. The second-order valence-corrected chi connectivity index (χ2v) is 8.40. The average Bonchev–Trinajstić information content (AvgIpc) is 2.89. The summed E-state index contributed by atoms with van der Waals surface area (Å²) in [7, 11) is 0. The number of halogens is 1. The van der Waals surface area contributed by atoms with E-state index in [1.54, 1.807) is 0 Å². The van der Waals surface area contributed by atoms with E-state index in [0.29, 0.717) is 13.1 Å². The molecule has 0 aliphatic carbocycles. The number of anilines is 1. The standard InChI is InChI=1S/C25H20BrN3O/c26-19-10-11-23-21(14-19)25(17-6-2-1-3-7-17)29(16-24(30)28-23)15-18-12-13-27-22-9-5-4-8-20(18)22/h1-14,25H,15-16H2,(H,28,30). The number of carbonyl (C=O) groups excluding carboxylic acids is 1. The summed E-state index contributed by atoms with van der Waals surface area (Å²) in [5.74, 6) is -0.00429. The van der Waals surface area contributed by atoms with Gasteiger partial charge in [0.25, 0.3) is 0 Å². The molecule has 1 aromatic heterocycles. The van der Waals surface area contributed by atoms with Gasteiger partial charge in [0.1, 0.15) is 0 Å². The summed E-state index contributed by atoms with van der Waals surface area (Å²) in [6.45, 7) is 0.949. The lowest BCUT2D eigenvalue weighted by Crippen LogP contribution is -2.33. The lowest BCUT2D eigenvalue weighted by Gasteiger charge is -2.31. The minimum absolute atomic E-state index is 0.00429. The van der Waals surface area contributed by atoms with E-state index in [1.165, 1.54) is 0 Å². The third-order valence-corrected chi connectivity index (χ3v) is 6.02. The minimum atomic E-state index is -0.0513. The first-order chi connectivity index (χ1) is 14.7. The van der Waals surface area contributed by atoms with Gasteiger partial charge in [-0.2, -0.15) is 0 Å². The number of fused-ring (bicyclic) bond motifs is 2. The van der Waals surface area contributed by atoms with Gasteiger partial charge in [0.05, 0.1) is 18.1 Å². The maximum Gasteiger partial charge on any atom is 0.238 e. The molecule has 1 aliphatic rings. The van der Waals surface area contributed by atoms with Gasteiger partial charge >= 0.3 is 0 Å². The molecular formula is C25H20BrN3O. The minimum Gasteiger partial charge on any atom is -0.325 e. The molecule has 0 spiro atoms. The van der Waals surface area contributed by atoms with Gasteiger partial charge in [-0.25, -0.2) is 0 Å². The summed E-state index contributed by atoms with van der Waals surface area (Å²) < 4.78 is 0.993. The Morgan fingerprint density at radius 3 is 2.67 bits per heavy atom. The zero-order valence-corrected chi connectivity index (χ0v) is 17.8. The highest BCUT2D eigenvalue weighted by molar-refractivity contribution is 9.10. The first-order valence-corrected chi connectivity index (χ1v) is 10.7. The van der Waals surface area contributed by atoms with Crippen molar-refractivity contribution in [3.63, 3.8) is 0 Å². The number of carbonyl (C=O) groups is 1. The Bertz CT molecular complexity index is 1220. The Morgan fingerprint density at radius 1 is 1.00 bits per heavy atom. The first kappa shape index (κ1) is 19.0. The van der Waals surface area contributed by atoms with E-state index in [-0.39, 0.29) is 11.9 Å². The molecule has 1 N–H and O–H groups in total. The summed E-state index contributed by atoms with van der Waals surface area (Å²) in [4.78, 5) is 19.5. The predicted octanol–water partition coefficient (Wildman–Crippen LogP) is 5.54. The van der Waals surface area contributed by atoms with E-state index in [9.17, 15) is 4.79 Å². The van der Waals surface area contributed by atoms with Gasteiger partial charge < -0.3 is 5.32 Å². The molecule has 1 aliphatic heterocycles. The summed E-state index contributed by atoms with van der Waals surface area (Å²) in [6, 6.07) is 26.6. The van der Waals surface area contributed by atoms with Crippen LogP contribution in [0.15, 0.2) is 89.5 Å². The van der Waals surface area contributed by atoms with Crippen LogP contribution in [-0.4, -0.2) is 22.3 Å². The third kappa shape index (κ3) is 3.62. The zero-order valence-electron chi connectivity index (χ0n) is 16.3. The Morgan fingerprint density at radius 2 is 1.80 bits per heavy atom. The lowest BCUT2D eigenvalue weighted by atomic mass is 9.95. The van der Waals surface area contributed by atoms with E-state index in [0.717, 1.165) is 37.8 Å². The van der Waals surface area contributed by atoms with Gasteiger partial charge in [-0.15, -0.1) is 0 Å².